The lowest BCUT2D eigenvalue weighted by Crippen LogP contribution is -2.26. The fourth-order valence-corrected chi connectivity index (χ4v) is 3.43. The average Bonchev–Trinajstić information content (AvgIpc) is 3.07. The van der Waals surface area contributed by atoms with Crippen molar-refractivity contribution in [3.63, 3.8) is 0 Å². The summed E-state index contributed by atoms with van der Waals surface area (Å²) in [6.07, 6.45) is 1.07. The van der Waals surface area contributed by atoms with E-state index in [2.05, 4.69) is 15.5 Å². The number of carbonyl (C=O) groups excluding carboxylic acids is 2. The second-order valence-corrected chi connectivity index (χ2v) is 7.34. The van der Waals surface area contributed by atoms with Gasteiger partial charge in [-0.2, -0.15) is 5.10 Å². The zero-order valence-electron chi connectivity index (χ0n) is 16.1. The normalized spacial score (nSPS) is 17.0. The zero-order chi connectivity index (χ0) is 22.4. The van der Waals surface area contributed by atoms with Gasteiger partial charge in [0, 0.05) is 0 Å². The first-order chi connectivity index (χ1) is 14.9. The van der Waals surface area contributed by atoms with Gasteiger partial charge in [0.25, 0.3) is 0 Å². The van der Waals surface area contributed by atoms with Crippen LogP contribution in [0.25, 0.3) is 0 Å². The zero-order valence-corrected chi connectivity index (χ0v) is 16.9. The molecule has 0 aliphatic carbocycles. The molecule has 11 heteroatoms. The summed E-state index contributed by atoms with van der Waals surface area (Å²) in [5.41, 5.74) is 0.615. The molecule has 0 aromatic heterocycles. The molecular formula is C20H16FN3O6S. The van der Waals surface area contributed by atoms with E-state index in [1.54, 1.807) is 12.1 Å². The SMILES string of the molecule is COc1cc(/C=N\N=C2\NC(=O)[C@@H](CC(=O)O)S2)ccc1OC(=O)c1cccc(F)c1. The van der Waals surface area contributed by atoms with Crippen LogP contribution in [0.4, 0.5) is 4.39 Å². The number of ether oxygens (including phenoxy) is 2. The number of benzene rings is 2. The van der Waals surface area contributed by atoms with Crippen LogP contribution < -0.4 is 14.8 Å². The summed E-state index contributed by atoms with van der Waals surface area (Å²) in [7, 11) is 1.39. The molecule has 1 aliphatic rings. The molecular weight excluding hydrogens is 429 g/mol. The number of amidine groups is 1. The van der Waals surface area contributed by atoms with Gasteiger partial charge in [-0.1, -0.05) is 17.8 Å². The third kappa shape index (κ3) is 5.89. The number of hydrogen-bond acceptors (Lipinski definition) is 8. The highest BCUT2D eigenvalue weighted by Gasteiger charge is 2.32. The Morgan fingerprint density at radius 2 is 2.06 bits per heavy atom. The van der Waals surface area contributed by atoms with Gasteiger partial charge in [-0.05, 0) is 42.0 Å². The predicted octanol–water partition coefficient (Wildman–Crippen LogP) is 2.45. The van der Waals surface area contributed by atoms with E-state index in [-0.39, 0.29) is 28.7 Å². The Labute approximate surface area is 180 Å². The van der Waals surface area contributed by atoms with Crippen molar-refractivity contribution < 1.29 is 33.4 Å². The second kappa shape index (κ2) is 9.85. The van der Waals surface area contributed by atoms with Crippen molar-refractivity contribution in [2.45, 2.75) is 11.7 Å². The van der Waals surface area contributed by atoms with Crippen LogP contribution in [-0.4, -0.2) is 46.7 Å². The van der Waals surface area contributed by atoms with E-state index in [1.807, 2.05) is 0 Å². The number of nitrogens with one attached hydrogen (secondary N) is 1. The summed E-state index contributed by atoms with van der Waals surface area (Å²) in [5, 5.41) is 18.4. The molecule has 1 aliphatic heterocycles. The molecule has 0 bridgehead atoms. The number of carbonyl (C=O) groups is 3. The number of thioether (sulfide) groups is 1. The van der Waals surface area contributed by atoms with Crippen molar-refractivity contribution in [1.29, 1.82) is 0 Å². The van der Waals surface area contributed by atoms with Crippen molar-refractivity contribution in [3.05, 3.63) is 59.4 Å². The van der Waals surface area contributed by atoms with E-state index < -0.39 is 28.9 Å². The van der Waals surface area contributed by atoms with Gasteiger partial charge >= 0.3 is 11.9 Å². The minimum Gasteiger partial charge on any atom is -0.493 e. The van der Waals surface area contributed by atoms with Crippen LogP contribution >= 0.6 is 11.8 Å². The third-order valence-electron chi connectivity index (χ3n) is 3.94. The molecule has 2 N–H and O–H groups in total. The lowest BCUT2D eigenvalue weighted by atomic mass is 10.2. The Balaban J connectivity index is 1.68. The van der Waals surface area contributed by atoms with E-state index in [0.29, 0.717) is 5.56 Å². The van der Waals surface area contributed by atoms with E-state index in [4.69, 9.17) is 14.6 Å². The minimum absolute atomic E-state index is 0.0563. The largest absolute Gasteiger partial charge is 0.493 e. The van der Waals surface area contributed by atoms with Crippen LogP contribution in [-0.2, 0) is 9.59 Å². The Morgan fingerprint density at radius 1 is 1.26 bits per heavy atom. The van der Waals surface area contributed by atoms with Gasteiger partial charge in [0.1, 0.15) is 11.1 Å². The minimum atomic E-state index is -1.08. The molecule has 9 nitrogen and oxygen atoms in total. The lowest BCUT2D eigenvalue weighted by molar-refractivity contribution is -0.138. The van der Waals surface area contributed by atoms with Crippen LogP contribution in [0.5, 0.6) is 11.5 Å². The number of aliphatic carboxylic acids is 1. The summed E-state index contributed by atoms with van der Waals surface area (Å²) >= 11 is 0.984. The summed E-state index contributed by atoms with van der Waals surface area (Å²) in [4.78, 5) is 34.6. The molecule has 3 rings (SSSR count). The van der Waals surface area contributed by atoms with E-state index in [0.717, 1.165) is 17.8 Å². The van der Waals surface area contributed by atoms with Crippen LogP contribution in [0.1, 0.15) is 22.3 Å². The smallest absolute Gasteiger partial charge is 0.343 e. The van der Waals surface area contributed by atoms with Gasteiger partial charge in [0.15, 0.2) is 16.7 Å². The molecule has 0 saturated carbocycles. The molecule has 1 saturated heterocycles. The van der Waals surface area contributed by atoms with Gasteiger partial charge in [-0.3, -0.25) is 9.59 Å². The topological polar surface area (TPSA) is 127 Å². The van der Waals surface area contributed by atoms with Gasteiger partial charge in [0.05, 0.1) is 25.3 Å². The van der Waals surface area contributed by atoms with E-state index in [1.165, 1.54) is 37.6 Å². The van der Waals surface area contributed by atoms with Crippen LogP contribution in [0.15, 0.2) is 52.7 Å². The Kier molecular flexibility index (Phi) is 6.98. The monoisotopic (exact) mass is 445 g/mol. The molecule has 160 valence electrons. The third-order valence-corrected chi connectivity index (χ3v) is 5.01. The highest BCUT2D eigenvalue weighted by atomic mass is 32.2. The quantitative estimate of drug-likeness (QED) is 0.290. The van der Waals surface area contributed by atoms with E-state index in [9.17, 15) is 18.8 Å². The number of halogens is 1. The Morgan fingerprint density at radius 3 is 2.77 bits per heavy atom. The van der Waals surface area contributed by atoms with Crippen LogP contribution in [0.2, 0.25) is 0 Å². The Hall–Kier alpha value is -3.73. The molecule has 1 fully saturated rings. The number of nitrogens with zero attached hydrogens (tertiary/aromatic N) is 2. The summed E-state index contributed by atoms with van der Waals surface area (Å²) in [5.74, 6) is -2.44. The molecule has 0 radical (unpaired) electrons. The van der Waals surface area contributed by atoms with Gasteiger partial charge in [-0.25, -0.2) is 9.18 Å². The maximum Gasteiger partial charge on any atom is 0.343 e. The van der Waals surface area contributed by atoms with Gasteiger partial charge < -0.3 is 19.9 Å². The van der Waals surface area contributed by atoms with Crippen molar-refractivity contribution in [2.24, 2.45) is 10.2 Å². The van der Waals surface area contributed by atoms with E-state index >= 15 is 0 Å². The highest BCUT2D eigenvalue weighted by Crippen LogP contribution is 2.28. The van der Waals surface area contributed by atoms with Gasteiger partial charge in [-0.15, -0.1) is 5.10 Å². The summed E-state index contributed by atoms with van der Waals surface area (Å²) in [6, 6.07) is 9.74. The molecule has 1 atom stereocenters. The first-order valence-corrected chi connectivity index (χ1v) is 9.70. The number of rotatable bonds is 7. The van der Waals surface area contributed by atoms with Crippen LogP contribution in [0, 0.1) is 5.82 Å². The molecule has 1 amide bonds. The maximum absolute atomic E-state index is 13.3. The van der Waals surface area contributed by atoms with Crippen molar-refractivity contribution in [3.8, 4) is 11.5 Å². The number of amides is 1. The summed E-state index contributed by atoms with van der Waals surface area (Å²) < 4.78 is 23.8. The number of carboxylic acid groups (broad SMARTS) is 1. The number of esters is 1. The molecule has 0 unspecified atom stereocenters. The molecule has 2 aromatic carbocycles. The predicted molar refractivity (Wildman–Crippen MR) is 111 cm³/mol. The highest BCUT2D eigenvalue weighted by molar-refractivity contribution is 8.15. The maximum atomic E-state index is 13.3. The second-order valence-electron chi connectivity index (χ2n) is 6.15. The Bertz CT molecular complexity index is 1090. The number of hydrogen-bond donors (Lipinski definition) is 2. The fraction of sp³-hybridized carbons (Fsp3) is 0.150. The van der Waals surface area contributed by atoms with Crippen molar-refractivity contribution in [2.75, 3.05) is 7.11 Å². The number of carboxylic acids is 1. The molecule has 2 aromatic rings. The first kappa shape index (κ1) is 22.0. The van der Waals surface area contributed by atoms with Crippen LogP contribution in [0.3, 0.4) is 0 Å². The number of methoxy groups -OCH3 is 1. The van der Waals surface area contributed by atoms with Crippen molar-refractivity contribution in [1.82, 2.24) is 5.32 Å². The fourth-order valence-electron chi connectivity index (χ4n) is 2.52. The standard InChI is InChI=1S/C20H16FN3O6S/c1-29-15-7-11(10-22-24-20-23-18(27)16(31-20)9-17(25)26)5-6-14(15)30-19(28)12-3-2-4-13(21)8-12/h2-8,10,16H,9H2,1H3,(H,25,26)(H,23,24,27)/b22-10-/t16-/m1/s1. The first-order valence-electron chi connectivity index (χ1n) is 8.82. The average molecular weight is 445 g/mol. The van der Waals surface area contributed by atoms with Crippen molar-refractivity contribution >= 4 is 41.0 Å². The van der Waals surface area contributed by atoms with Gasteiger partial charge in [0.2, 0.25) is 5.91 Å². The molecule has 0 spiro atoms. The summed E-state index contributed by atoms with van der Waals surface area (Å²) in [6.45, 7) is 0. The molecule has 1 heterocycles. The lowest BCUT2D eigenvalue weighted by Gasteiger charge is -2.09. The molecule has 31 heavy (non-hydrogen) atoms.